The SMILES string of the molecule is CC(C)(C)c1ccc2cccc(-c3ccccc3)c2c1. The monoisotopic (exact) mass is 260 g/mol. The third kappa shape index (κ3) is 2.34. The highest BCUT2D eigenvalue weighted by Gasteiger charge is 2.14. The Morgan fingerprint density at radius 2 is 1.45 bits per heavy atom. The molecular formula is C20H20. The highest BCUT2D eigenvalue weighted by atomic mass is 14.2. The third-order valence-corrected chi connectivity index (χ3v) is 3.83. The maximum absolute atomic E-state index is 2.34. The van der Waals surface area contributed by atoms with Crippen LogP contribution in [0.3, 0.4) is 0 Å². The highest BCUT2D eigenvalue weighted by molar-refractivity contribution is 5.97. The molecule has 100 valence electrons. The first kappa shape index (κ1) is 12.9. The Bertz CT molecular complexity index is 731. The van der Waals surface area contributed by atoms with Gasteiger partial charge in [0.05, 0.1) is 0 Å². The van der Waals surface area contributed by atoms with E-state index in [4.69, 9.17) is 0 Å². The second kappa shape index (κ2) is 4.79. The van der Waals surface area contributed by atoms with Crippen molar-refractivity contribution in [3.8, 4) is 11.1 Å². The van der Waals surface area contributed by atoms with Gasteiger partial charge in [0.15, 0.2) is 0 Å². The van der Waals surface area contributed by atoms with Gasteiger partial charge < -0.3 is 0 Å². The van der Waals surface area contributed by atoms with Crippen LogP contribution in [0.4, 0.5) is 0 Å². The molecule has 0 N–H and O–H groups in total. The van der Waals surface area contributed by atoms with Crippen LogP contribution in [0, 0.1) is 0 Å². The van der Waals surface area contributed by atoms with Gasteiger partial charge in [0, 0.05) is 0 Å². The Hall–Kier alpha value is -2.08. The van der Waals surface area contributed by atoms with Crippen molar-refractivity contribution >= 4 is 10.8 Å². The van der Waals surface area contributed by atoms with Crippen LogP contribution in [0.15, 0.2) is 66.7 Å². The molecule has 3 aromatic rings. The molecule has 0 unspecified atom stereocenters. The molecule has 0 nitrogen and oxygen atoms in total. The molecule has 0 spiro atoms. The summed E-state index contributed by atoms with van der Waals surface area (Å²) in [5.41, 5.74) is 4.16. The largest absolute Gasteiger partial charge is 0.0622 e. The summed E-state index contributed by atoms with van der Waals surface area (Å²) < 4.78 is 0. The van der Waals surface area contributed by atoms with Crippen LogP contribution in [-0.4, -0.2) is 0 Å². The number of hydrogen-bond donors (Lipinski definition) is 0. The molecule has 0 bridgehead atoms. The molecule has 3 aromatic carbocycles. The Morgan fingerprint density at radius 3 is 2.15 bits per heavy atom. The van der Waals surface area contributed by atoms with Crippen LogP contribution in [-0.2, 0) is 5.41 Å². The van der Waals surface area contributed by atoms with Crippen molar-refractivity contribution in [2.24, 2.45) is 0 Å². The molecular weight excluding hydrogens is 240 g/mol. The van der Waals surface area contributed by atoms with Gasteiger partial charge in [-0.05, 0) is 32.9 Å². The minimum absolute atomic E-state index is 0.179. The molecule has 0 fully saturated rings. The maximum atomic E-state index is 2.34. The first-order valence-corrected chi connectivity index (χ1v) is 7.14. The van der Waals surface area contributed by atoms with Crippen molar-refractivity contribution in [3.63, 3.8) is 0 Å². The fourth-order valence-electron chi connectivity index (χ4n) is 2.61. The smallest absolute Gasteiger partial charge is 0.0102 e. The van der Waals surface area contributed by atoms with Crippen molar-refractivity contribution < 1.29 is 0 Å². The summed E-state index contributed by atoms with van der Waals surface area (Å²) >= 11 is 0. The Morgan fingerprint density at radius 1 is 0.700 bits per heavy atom. The first-order chi connectivity index (χ1) is 9.55. The molecule has 0 amide bonds. The van der Waals surface area contributed by atoms with Crippen LogP contribution in [0.5, 0.6) is 0 Å². The van der Waals surface area contributed by atoms with E-state index in [1.165, 1.54) is 27.5 Å². The summed E-state index contributed by atoms with van der Waals surface area (Å²) in [7, 11) is 0. The predicted molar refractivity (Wildman–Crippen MR) is 88.1 cm³/mol. The summed E-state index contributed by atoms with van der Waals surface area (Å²) in [4.78, 5) is 0. The maximum Gasteiger partial charge on any atom is -0.0102 e. The second-order valence-electron chi connectivity index (χ2n) is 6.36. The van der Waals surface area contributed by atoms with Gasteiger partial charge in [-0.25, -0.2) is 0 Å². The van der Waals surface area contributed by atoms with Gasteiger partial charge in [0.2, 0.25) is 0 Å². The topological polar surface area (TPSA) is 0 Å². The van der Waals surface area contributed by atoms with E-state index in [9.17, 15) is 0 Å². The standard InChI is InChI=1S/C20H20/c1-20(2,3)17-13-12-16-10-7-11-18(19(16)14-17)15-8-5-4-6-9-15/h4-14H,1-3H3. The average molecular weight is 260 g/mol. The quantitative estimate of drug-likeness (QED) is 0.518. The normalized spacial score (nSPS) is 11.8. The van der Waals surface area contributed by atoms with E-state index >= 15 is 0 Å². The summed E-state index contributed by atoms with van der Waals surface area (Å²) in [6.45, 7) is 6.79. The fraction of sp³-hybridized carbons (Fsp3) is 0.200. The molecule has 3 rings (SSSR count). The van der Waals surface area contributed by atoms with E-state index in [1.54, 1.807) is 0 Å². The number of rotatable bonds is 1. The lowest BCUT2D eigenvalue weighted by molar-refractivity contribution is 0.591. The summed E-state index contributed by atoms with van der Waals surface area (Å²) in [5.74, 6) is 0. The number of hydrogen-bond acceptors (Lipinski definition) is 0. The van der Waals surface area contributed by atoms with E-state index in [0.717, 1.165) is 0 Å². The zero-order valence-electron chi connectivity index (χ0n) is 12.4. The minimum Gasteiger partial charge on any atom is -0.0622 e. The molecule has 0 aliphatic rings. The van der Waals surface area contributed by atoms with Crippen molar-refractivity contribution in [1.29, 1.82) is 0 Å². The van der Waals surface area contributed by atoms with Crippen LogP contribution < -0.4 is 0 Å². The minimum atomic E-state index is 0.179. The highest BCUT2D eigenvalue weighted by Crippen LogP contribution is 2.32. The van der Waals surface area contributed by atoms with Crippen molar-refractivity contribution in [3.05, 3.63) is 72.3 Å². The molecule has 0 heteroatoms. The number of fused-ring (bicyclic) bond motifs is 1. The van der Waals surface area contributed by atoms with Gasteiger partial charge in [-0.3, -0.25) is 0 Å². The first-order valence-electron chi connectivity index (χ1n) is 7.14. The zero-order valence-corrected chi connectivity index (χ0v) is 12.4. The van der Waals surface area contributed by atoms with E-state index in [1.807, 2.05) is 0 Å². The lowest BCUT2D eigenvalue weighted by Crippen LogP contribution is -2.10. The molecule has 0 saturated carbocycles. The molecule has 0 aliphatic heterocycles. The molecule has 0 radical (unpaired) electrons. The van der Waals surface area contributed by atoms with Gasteiger partial charge in [-0.1, -0.05) is 87.5 Å². The molecule has 20 heavy (non-hydrogen) atoms. The molecule has 0 saturated heterocycles. The zero-order chi connectivity index (χ0) is 14.2. The Labute approximate surface area is 121 Å². The van der Waals surface area contributed by atoms with Gasteiger partial charge >= 0.3 is 0 Å². The van der Waals surface area contributed by atoms with E-state index in [0.29, 0.717) is 0 Å². The second-order valence-corrected chi connectivity index (χ2v) is 6.36. The fourth-order valence-corrected chi connectivity index (χ4v) is 2.61. The van der Waals surface area contributed by atoms with Crippen LogP contribution in [0.2, 0.25) is 0 Å². The van der Waals surface area contributed by atoms with Crippen LogP contribution in [0.25, 0.3) is 21.9 Å². The van der Waals surface area contributed by atoms with Gasteiger partial charge in [-0.15, -0.1) is 0 Å². The summed E-state index contributed by atoms with van der Waals surface area (Å²) in [6.07, 6.45) is 0. The molecule has 0 atom stereocenters. The number of benzene rings is 3. The van der Waals surface area contributed by atoms with Gasteiger partial charge in [0.25, 0.3) is 0 Å². The average Bonchev–Trinajstić information content (AvgIpc) is 2.46. The molecule has 0 aromatic heterocycles. The summed E-state index contributed by atoms with van der Waals surface area (Å²) in [5, 5.41) is 2.64. The van der Waals surface area contributed by atoms with E-state index in [2.05, 4.69) is 87.5 Å². The lowest BCUT2D eigenvalue weighted by atomic mass is 9.85. The Balaban J connectivity index is 2.28. The van der Waals surface area contributed by atoms with Gasteiger partial charge in [-0.2, -0.15) is 0 Å². The molecule has 0 aliphatic carbocycles. The van der Waals surface area contributed by atoms with E-state index < -0.39 is 0 Å². The van der Waals surface area contributed by atoms with Crippen molar-refractivity contribution in [2.45, 2.75) is 26.2 Å². The van der Waals surface area contributed by atoms with Gasteiger partial charge in [0.1, 0.15) is 0 Å². The van der Waals surface area contributed by atoms with E-state index in [-0.39, 0.29) is 5.41 Å². The Kier molecular flexibility index (Phi) is 3.10. The van der Waals surface area contributed by atoms with Crippen molar-refractivity contribution in [2.75, 3.05) is 0 Å². The van der Waals surface area contributed by atoms with Crippen molar-refractivity contribution in [1.82, 2.24) is 0 Å². The molecule has 0 heterocycles. The lowest BCUT2D eigenvalue weighted by Gasteiger charge is -2.20. The van der Waals surface area contributed by atoms with Crippen LogP contribution in [0.1, 0.15) is 26.3 Å². The third-order valence-electron chi connectivity index (χ3n) is 3.83. The summed E-state index contributed by atoms with van der Waals surface area (Å²) in [6, 6.07) is 24.0. The predicted octanol–water partition coefficient (Wildman–Crippen LogP) is 5.80. The van der Waals surface area contributed by atoms with Crippen LogP contribution >= 0.6 is 0 Å².